The van der Waals surface area contributed by atoms with Gasteiger partial charge in [0.15, 0.2) is 0 Å². The molecule has 0 aromatic heterocycles. The minimum absolute atomic E-state index is 0.0185. The lowest BCUT2D eigenvalue weighted by Crippen LogP contribution is -2.23. The van der Waals surface area contributed by atoms with E-state index in [1.165, 1.54) is 6.07 Å². The molecule has 1 atom stereocenters. The zero-order chi connectivity index (χ0) is 13.1. The highest BCUT2D eigenvalue weighted by Crippen LogP contribution is 2.27. The molecular weight excluding hydrogens is 234 g/mol. The van der Waals surface area contributed by atoms with Crippen LogP contribution < -0.4 is 5.73 Å². The van der Waals surface area contributed by atoms with E-state index in [1.807, 2.05) is 6.07 Å². The van der Waals surface area contributed by atoms with E-state index in [9.17, 15) is 10.1 Å². The molecule has 0 aliphatic carbocycles. The number of rotatable bonds is 4. The van der Waals surface area contributed by atoms with Crippen molar-refractivity contribution in [2.24, 2.45) is 0 Å². The van der Waals surface area contributed by atoms with Crippen LogP contribution in [0.25, 0.3) is 0 Å². The van der Waals surface area contributed by atoms with Gasteiger partial charge in [0.2, 0.25) is 0 Å². The minimum atomic E-state index is -0.444. The Balaban J connectivity index is 2.10. The lowest BCUT2D eigenvalue weighted by molar-refractivity contribution is -0.384. The van der Waals surface area contributed by atoms with Crippen LogP contribution in [0.4, 0.5) is 11.4 Å². The number of methoxy groups -OCH3 is 1. The molecule has 1 heterocycles. The highest BCUT2D eigenvalue weighted by atomic mass is 16.6. The molecule has 0 saturated carbocycles. The van der Waals surface area contributed by atoms with Crippen LogP contribution in [0, 0.1) is 10.1 Å². The summed E-state index contributed by atoms with van der Waals surface area (Å²) < 4.78 is 5.29. The summed E-state index contributed by atoms with van der Waals surface area (Å²) in [6.07, 6.45) is 1.25. The Hall–Kier alpha value is -1.66. The number of nitrogen functional groups attached to an aromatic ring is 1. The number of nitro benzene ring substituents is 1. The van der Waals surface area contributed by atoms with Gasteiger partial charge in [-0.1, -0.05) is 12.1 Å². The fourth-order valence-electron chi connectivity index (χ4n) is 2.27. The van der Waals surface area contributed by atoms with Crippen LogP contribution in [0.3, 0.4) is 0 Å². The van der Waals surface area contributed by atoms with Crippen LogP contribution in [-0.4, -0.2) is 36.1 Å². The molecule has 0 radical (unpaired) electrons. The van der Waals surface area contributed by atoms with Crippen molar-refractivity contribution in [3.63, 3.8) is 0 Å². The SMILES string of the molecule is COC1CCN(Cc2cccc([N+](=O)[O-])c2N)C1. The summed E-state index contributed by atoms with van der Waals surface area (Å²) in [6, 6.07) is 4.94. The first-order valence-corrected chi connectivity index (χ1v) is 5.88. The third-order valence-corrected chi connectivity index (χ3v) is 3.33. The first-order chi connectivity index (χ1) is 8.61. The number of nitro groups is 1. The third-order valence-electron chi connectivity index (χ3n) is 3.33. The number of hydrogen-bond acceptors (Lipinski definition) is 5. The van der Waals surface area contributed by atoms with Crippen LogP contribution in [0.5, 0.6) is 0 Å². The maximum Gasteiger partial charge on any atom is 0.292 e. The van der Waals surface area contributed by atoms with Gasteiger partial charge in [-0.2, -0.15) is 0 Å². The molecule has 1 unspecified atom stereocenters. The van der Waals surface area contributed by atoms with Gasteiger partial charge in [0.1, 0.15) is 5.69 Å². The van der Waals surface area contributed by atoms with E-state index in [0.717, 1.165) is 25.1 Å². The van der Waals surface area contributed by atoms with E-state index in [4.69, 9.17) is 10.5 Å². The summed E-state index contributed by atoms with van der Waals surface area (Å²) in [5, 5.41) is 10.8. The quantitative estimate of drug-likeness (QED) is 0.497. The molecule has 98 valence electrons. The van der Waals surface area contributed by atoms with E-state index in [2.05, 4.69) is 4.90 Å². The maximum atomic E-state index is 10.8. The van der Waals surface area contributed by atoms with Crippen molar-refractivity contribution < 1.29 is 9.66 Å². The maximum absolute atomic E-state index is 10.8. The van der Waals surface area contributed by atoms with Gasteiger partial charge in [0.05, 0.1) is 11.0 Å². The smallest absolute Gasteiger partial charge is 0.292 e. The first-order valence-electron chi connectivity index (χ1n) is 5.88. The highest BCUT2D eigenvalue weighted by molar-refractivity contribution is 5.62. The second kappa shape index (κ2) is 5.32. The predicted molar refractivity (Wildman–Crippen MR) is 68.2 cm³/mol. The van der Waals surface area contributed by atoms with E-state index in [0.29, 0.717) is 6.54 Å². The second-order valence-corrected chi connectivity index (χ2v) is 4.49. The van der Waals surface area contributed by atoms with Crippen molar-refractivity contribution in [1.82, 2.24) is 4.90 Å². The van der Waals surface area contributed by atoms with Gasteiger partial charge < -0.3 is 10.5 Å². The van der Waals surface area contributed by atoms with E-state index >= 15 is 0 Å². The topological polar surface area (TPSA) is 81.6 Å². The number of nitrogens with zero attached hydrogens (tertiary/aromatic N) is 2. The summed E-state index contributed by atoms with van der Waals surface area (Å²) in [6.45, 7) is 2.41. The van der Waals surface area contributed by atoms with Crippen LogP contribution in [0.15, 0.2) is 18.2 Å². The number of ether oxygens (including phenoxy) is 1. The molecule has 0 amide bonds. The van der Waals surface area contributed by atoms with E-state index in [1.54, 1.807) is 13.2 Å². The van der Waals surface area contributed by atoms with Gasteiger partial charge in [0.25, 0.3) is 5.69 Å². The molecule has 6 heteroatoms. The molecular formula is C12H17N3O3. The Morgan fingerprint density at radius 2 is 2.39 bits per heavy atom. The number of para-hydroxylation sites is 1. The summed E-state index contributed by atoms with van der Waals surface area (Å²) in [5.41, 5.74) is 6.88. The fourth-order valence-corrected chi connectivity index (χ4v) is 2.27. The van der Waals surface area contributed by atoms with Crippen molar-refractivity contribution in [1.29, 1.82) is 0 Å². The zero-order valence-electron chi connectivity index (χ0n) is 10.3. The molecule has 1 aromatic rings. The van der Waals surface area contributed by atoms with Crippen molar-refractivity contribution in [3.05, 3.63) is 33.9 Å². The zero-order valence-corrected chi connectivity index (χ0v) is 10.3. The minimum Gasteiger partial charge on any atom is -0.393 e. The molecule has 18 heavy (non-hydrogen) atoms. The normalized spacial score (nSPS) is 20.2. The predicted octanol–water partition coefficient (Wildman–Crippen LogP) is 1.40. The third kappa shape index (κ3) is 2.60. The highest BCUT2D eigenvalue weighted by Gasteiger charge is 2.23. The molecule has 1 fully saturated rings. The Morgan fingerprint density at radius 1 is 1.61 bits per heavy atom. The average molecular weight is 251 g/mol. The second-order valence-electron chi connectivity index (χ2n) is 4.49. The van der Waals surface area contributed by atoms with Crippen LogP contribution in [-0.2, 0) is 11.3 Å². The standard InChI is InChI=1S/C12H17N3O3/c1-18-10-5-6-14(8-10)7-9-3-2-4-11(12(9)13)15(16)17/h2-4,10H,5-8,13H2,1H3. The van der Waals surface area contributed by atoms with Gasteiger partial charge in [-0.15, -0.1) is 0 Å². The van der Waals surface area contributed by atoms with Crippen molar-refractivity contribution in [3.8, 4) is 0 Å². The summed E-state index contributed by atoms with van der Waals surface area (Å²) in [5.74, 6) is 0. The molecule has 2 N–H and O–H groups in total. The molecule has 0 bridgehead atoms. The Morgan fingerprint density at radius 3 is 3.00 bits per heavy atom. The van der Waals surface area contributed by atoms with Gasteiger partial charge in [0, 0.05) is 32.8 Å². The van der Waals surface area contributed by atoms with Crippen molar-refractivity contribution in [2.45, 2.75) is 19.1 Å². The Bertz CT molecular complexity index is 450. The largest absolute Gasteiger partial charge is 0.393 e. The average Bonchev–Trinajstić information content (AvgIpc) is 2.79. The monoisotopic (exact) mass is 251 g/mol. The number of likely N-dealkylation sites (tertiary alicyclic amines) is 1. The first kappa shape index (κ1) is 12.8. The number of hydrogen-bond donors (Lipinski definition) is 1. The van der Waals surface area contributed by atoms with E-state index in [-0.39, 0.29) is 17.5 Å². The van der Waals surface area contributed by atoms with Crippen LogP contribution in [0.1, 0.15) is 12.0 Å². The summed E-state index contributed by atoms with van der Waals surface area (Å²) in [7, 11) is 1.70. The Kier molecular flexibility index (Phi) is 3.78. The summed E-state index contributed by atoms with van der Waals surface area (Å²) in [4.78, 5) is 12.6. The molecule has 1 aromatic carbocycles. The molecule has 1 aliphatic heterocycles. The molecule has 0 spiro atoms. The van der Waals surface area contributed by atoms with Crippen LogP contribution >= 0.6 is 0 Å². The van der Waals surface area contributed by atoms with Crippen molar-refractivity contribution >= 4 is 11.4 Å². The van der Waals surface area contributed by atoms with Gasteiger partial charge >= 0.3 is 0 Å². The molecule has 6 nitrogen and oxygen atoms in total. The van der Waals surface area contributed by atoms with Gasteiger partial charge in [-0.25, -0.2) is 0 Å². The Labute approximate surface area is 105 Å². The number of nitrogens with two attached hydrogens (primary N) is 1. The molecule has 1 saturated heterocycles. The van der Waals surface area contributed by atoms with Gasteiger partial charge in [-0.05, 0) is 12.0 Å². The van der Waals surface area contributed by atoms with Crippen LogP contribution in [0.2, 0.25) is 0 Å². The fraction of sp³-hybridized carbons (Fsp3) is 0.500. The van der Waals surface area contributed by atoms with Crippen molar-refractivity contribution in [2.75, 3.05) is 25.9 Å². The lowest BCUT2D eigenvalue weighted by atomic mass is 10.1. The number of benzene rings is 1. The number of anilines is 1. The molecule has 1 aliphatic rings. The van der Waals surface area contributed by atoms with E-state index < -0.39 is 4.92 Å². The summed E-state index contributed by atoms with van der Waals surface area (Å²) >= 11 is 0. The lowest BCUT2D eigenvalue weighted by Gasteiger charge is -2.16. The van der Waals surface area contributed by atoms with Gasteiger partial charge in [-0.3, -0.25) is 15.0 Å². The molecule has 2 rings (SSSR count).